The van der Waals surface area contributed by atoms with Crippen LogP contribution >= 0.6 is 0 Å². The molecule has 16 heavy (non-hydrogen) atoms. The SMILES string of the molecule is CC1(C)OC1C(O)c1cccc2cc[nH]c12. The summed E-state index contributed by atoms with van der Waals surface area (Å²) in [5, 5.41) is 11.4. The second-order valence-corrected chi connectivity index (χ2v) is 4.88. The zero-order valence-corrected chi connectivity index (χ0v) is 9.40. The first kappa shape index (κ1) is 9.87. The third-order valence-corrected chi connectivity index (χ3v) is 3.28. The first-order chi connectivity index (χ1) is 7.59. The van der Waals surface area contributed by atoms with Crippen molar-refractivity contribution in [3.63, 3.8) is 0 Å². The Morgan fingerprint density at radius 3 is 2.81 bits per heavy atom. The Labute approximate surface area is 94.0 Å². The third-order valence-electron chi connectivity index (χ3n) is 3.28. The predicted molar refractivity (Wildman–Crippen MR) is 62.2 cm³/mol. The Bertz CT molecular complexity index is 529. The Kier molecular flexibility index (Phi) is 1.91. The maximum absolute atomic E-state index is 10.3. The van der Waals surface area contributed by atoms with Gasteiger partial charge in [-0.3, -0.25) is 0 Å². The highest BCUT2D eigenvalue weighted by Gasteiger charge is 2.52. The normalized spacial score (nSPS) is 24.6. The van der Waals surface area contributed by atoms with Gasteiger partial charge in [-0.1, -0.05) is 18.2 Å². The number of aliphatic hydroxyl groups is 1. The van der Waals surface area contributed by atoms with Crippen molar-refractivity contribution in [1.82, 2.24) is 4.98 Å². The lowest BCUT2D eigenvalue weighted by Crippen LogP contribution is -2.13. The van der Waals surface area contributed by atoms with Gasteiger partial charge in [-0.2, -0.15) is 0 Å². The summed E-state index contributed by atoms with van der Waals surface area (Å²) in [5.74, 6) is 0. The minimum atomic E-state index is -0.558. The van der Waals surface area contributed by atoms with Crippen LogP contribution in [0.15, 0.2) is 30.5 Å². The first-order valence-corrected chi connectivity index (χ1v) is 5.51. The van der Waals surface area contributed by atoms with Gasteiger partial charge in [0.15, 0.2) is 0 Å². The molecule has 1 aromatic heterocycles. The van der Waals surface area contributed by atoms with Crippen molar-refractivity contribution < 1.29 is 9.84 Å². The lowest BCUT2D eigenvalue weighted by Gasteiger charge is -2.10. The number of fused-ring (bicyclic) bond motifs is 1. The van der Waals surface area contributed by atoms with Gasteiger partial charge in [-0.15, -0.1) is 0 Å². The summed E-state index contributed by atoms with van der Waals surface area (Å²) in [7, 11) is 0. The number of benzene rings is 1. The molecule has 2 aromatic rings. The molecule has 2 heterocycles. The van der Waals surface area contributed by atoms with Gasteiger partial charge in [0.2, 0.25) is 0 Å². The highest BCUT2D eigenvalue weighted by Crippen LogP contribution is 2.44. The van der Waals surface area contributed by atoms with Crippen LogP contribution in [0.2, 0.25) is 0 Å². The summed E-state index contributed by atoms with van der Waals surface area (Å²) in [6, 6.07) is 7.94. The first-order valence-electron chi connectivity index (χ1n) is 5.51. The summed E-state index contributed by atoms with van der Waals surface area (Å²) in [5.41, 5.74) is 1.72. The average molecular weight is 217 g/mol. The highest BCUT2D eigenvalue weighted by atomic mass is 16.6. The van der Waals surface area contributed by atoms with Gasteiger partial charge in [-0.05, 0) is 25.3 Å². The van der Waals surface area contributed by atoms with Crippen LogP contribution in [0.25, 0.3) is 10.9 Å². The fraction of sp³-hybridized carbons (Fsp3) is 0.385. The molecule has 0 saturated carbocycles. The molecule has 0 aliphatic carbocycles. The molecule has 1 saturated heterocycles. The number of nitrogens with one attached hydrogen (secondary N) is 1. The van der Waals surface area contributed by atoms with Crippen molar-refractivity contribution in [2.24, 2.45) is 0 Å². The minimum absolute atomic E-state index is 0.0959. The number of H-pyrrole nitrogens is 1. The molecule has 0 spiro atoms. The summed E-state index contributed by atoms with van der Waals surface area (Å²) in [6.07, 6.45) is 1.23. The maximum Gasteiger partial charge on any atom is 0.117 e. The van der Waals surface area contributed by atoms with Crippen molar-refractivity contribution in [1.29, 1.82) is 0 Å². The highest BCUT2D eigenvalue weighted by molar-refractivity contribution is 5.82. The van der Waals surface area contributed by atoms with E-state index in [0.29, 0.717) is 0 Å². The molecule has 2 atom stereocenters. The Hall–Kier alpha value is -1.32. The third kappa shape index (κ3) is 1.36. The van der Waals surface area contributed by atoms with Crippen LogP contribution in [0.5, 0.6) is 0 Å². The molecule has 0 bridgehead atoms. The van der Waals surface area contributed by atoms with Gasteiger partial charge in [-0.25, -0.2) is 0 Å². The zero-order valence-electron chi connectivity index (χ0n) is 9.40. The maximum atomic E-state index is 10.3. The van der Waals surface area contributed by atoms with E-state index in [-0.39, 0.29) is 11.7 Å². The quantitative estimate of drug-likeness (QED) is 0.759. The Balaban J connectivity index is 2.03. The van der Waals surface area contributed by atoms with E-state index in [9.17, 15) is 5.11 Å². The zero-order chi connectivity index (χ0) is 11.3. The molecular formula is C13H15NO2. The average Bonchev–Trinajstić information content (AvgIpc) is 2.71. The molecule has 0 amide bonds. The monoisotopic (exact) mass is 217 g/mol. The standard InChI is InChI=1S/C13H15NO2/c1-13(2)12(16-13)11(15)9-5-3-4-8-6-7-14-10(8)9/h3-7,11-12,14-15H,1-2H3. The number of rotatable bonds is 2. The molecule has 3 nitrogen and oxygen atoms in total. The largest absolute Gasteiger partial charge is 0.385 e. The molecule has 1 aliphatic heterocycles. The van der Waals surface area contributed by atoms with Gasteiger partial charge >= 0.3 is 0 Å². The van der Waals surface area contributed by atoms with Gasteiger partial charge in [0.25, 0.3) is 0 Å². The van der Waals surface area contributed by atoms with Gasteiger partial charge in [0.1, 0.15) is 12.2 Å². The van der Waals surface area contributed by atoms with Crippen LogP contribution in [-0.2, 0) is 4.74 Å². The molecule has 1 fully saturated rings. The van der Waals surface area contributed by atoms with E-state index in [2.05, 4.69) is 4.98 Å². The van der Waals surface area contributed by atoms with Crippen LogP contribution in [-0.4, -0.2) is 21.8 Å². The summed E-state index contributed by atoms with van der Waals surface area (Å²) >= 11 is 0. The number of ether oxygens (including phenoxy) is 1. The fourth-order valence-corrected chi connectivity index (χ4v) is 2.26. The van der Waals surface area contributed by atoms with Crippen molar-refractivity contribution in [3.05, 3.63) is 36.0 Å². The van der Waals surface area contributed by atoms with Crippen molar-refractivity contribution in [3.8, 4) is 0 Å². The summed E-state index contributed by atoms with van der Waals surface area (Å²) in [4.78, 5) is 3.16. The molecular weight excluding hydrogens is 202 g/mol. The van der Waals surface area contributed by atoms with E-state index in [1.807, 2.05) is 44.3 Å². The lowest BCUT2D eigenvalue weighted by atomic mass is 9.98. The molecule has 2 N–H and O–H groups in total. The van der Waals surface area contributed by atoms with E-state index < -0.39 is 6.10 Å². The number of hydrogen-bond donors (Lipinski definition) is 2. The van der Waals surface area contributed by atoms with Crippen LogP contribution in [0.1, 0.15) is 25.5 Å². The number of aromatic amines is 1. The van der Waals surface area contributed by atoms with Crippen molar-refractivity contribution >= 4 is 10.9 Å². The number of aliphatic hydroxyl groups excluding tert-OH is 1. The molecule has 1 aromatic carbocycles. The number of epoxide rings is 1. The second kappa shape index (κ2) is 3.09. The summed E-state index contributed by atoms with van der Waals surface area (Å²) in [6.45, 7) is 3.99. The van der Waals surface area contributed by atoms with Gasteiger partial charge < -0.3 is 14.8 Å². The predicted octanol–water partition coefficient (Wildman–Crippen LogP) is 2.38. The number of para-hydroxylation sites is 1. The smallest absolute Gasteiger partial charge is 0.117 e. The van der Waals surface area contributed by atoms with Crippen LogP contribution < -0.4 is 0 Å². The molecule has 3 rings (SSSR count). The van der Waals surface area contributed by atoms with Crippen molar-refractivity contribution in [2.45, 2.75) is 31.7 Å². The second-order valence-electron chi connectivity index (χ2n) is 4.88. The lowest BCUT2D eigenvalue weighted by molar-refractivity contribution is 0.138. The minimum Gasteiger partial charge on any atom is -0.385 e. The number of hydrogen-bond acceptors (Lipinski definition) is 2. The molecule has 3 heteroatoms. The van der Waals surface area contributed by atoms with Crippen LogP contribution in [0, 0.1) is 0 Å². The summed E-state index contributed by atoms with van der Waals surface area (Å²) < 4.78 is 5.48. The topological polar surface area (TPSA) is 48.5 Å². The van der Waals surface area contributed by atoms with Crippen molar-refractivity contribution in [2.75, 3.05) is 0 Å². The van der Waals surface area contributed by atoms with Crippen LogP contribution in [0.3, 0.4) is 0 Å². The van der Waals surface area contributed by atoms with Crippen LogP contribution in [0.4, 0.5) is 0 Å². The Morgan fingerprint density at radius 2 is 2.12 bits per heavy atom. The molecule has 0 radical (unpaired) electrons. The van der Waals surface area contributed by atoms with E-state index in [1.165, 1.54) is 0 Å². The fourth-order valence-electron chi connectivity index (χ4n) is 2.26. The Morgan fingerprint density at radius 1 is 1.38 bits per heavy atom. The molecule has 2 unspecified atom stereocenters. The number of aromatic nitrogens is 1. The van der Waals surface area contributed by atoms with E-state index >= 15 is 0 Å². The van der Waals surface area contributed by atoms with Gasteiger partial charge in [0.05, 0.1) is 11.1 Å². The van der Waals surface area contributed by atoms with E-state index in [1.54, 1.807) is 0 Å². The molecule has 84 valence electrons. The molecule has 1 aliphatic rings. The van der Waals surface area contributed by atoms with E-state index in [4.69, 9.17) is 4.74 Å². The van der Waals surface area contributed by atoms with E-state index in [0.717, 1.165) is 16.5 Å². The van der Waals surface area contributed by atoms with Gasteiger partial charge in [0, 0.05) is 11.8 Å².